The van der Waals surface area contributed by atoms with Gasteiger partial charge in [-0.05, 0) is 25.8 Å². The van der Waals surface area contributed by atoms with Gasteiger partial charge in [0.1, 0.15) is 5.76 Å². The van der Waals surface area contributed by atoms with Crippen LogP contribution in [0.25, 0.3) is 0 Å². The number of amides is 1. The molecule has 5 heteroatoms. The number of aryl methyl sites for hydroxylation is 1. The number of hydrogen-bond acceptors (Lipinski definition) is 4. The molecule has 0 bridgehead atoms. The number of hydrogen-bond donors (Lipinski definition) is 2. The van der Waals surface area contributed by atoms with Gasteiger partial charge in [-0.15, -0.1) is 0 Å². The number of nitrogens with one attached hydrogen (secondary N) is 1. The highest BCUT2D eigenvalue weighted by atomic mass is 16.3. The molecule has 0 aromatic carbocycles. The molecule has 1 fully saturated rings. The summed E-state index contributed by atoms with van der Waals surface area (Å²) >= 11 is 0. The summed E-state index contributed by atoms with van der Waals surface area (Å²) < 4.78 is 5.14. The van der Waals surface area contributed by atoms with Crippen LogP contribution in [0.2, 0.25) is 0 Å². The maximum absolute atomic E-state index is 12.0. The van der Waals surface area contributed by atoms with E-state index in [1.165, 1.54) is 0 Å². The molecule has 5 nitrogen and oxygen atoms in total. The maximum Gasteiger partial charge on any atom is 0.255 e. The largest absolute Gasteiger partial charge is 0.469 e. The van der Waals surface area contributed by atoms with Crippen LogP contribution in [0.4, 0.5) is 0 Å². The summed E-state index contributed by atoms with van der Waals surface area (Å²) in [4.78, 5) is 14.3. The molecule has 1 amide bonds. The second-order valence-electron chi connectivity index (χ2n) is 4.77. The lowest BCUT2D eigenvalue weighted by atomic mass is 10.0. The molecule has 100 valence electrons. The molecule has 2 heterocycles. The molecule has 3 N–H and O–H groups in total. The van der Waals surface area contributed by atoms with Gasteiger partial charge in [0.25, 0.3) is 5.91 Å². The standard InChI is InChI=1S/C13H21N3O2/c1-10-12(4-9-18-10)13(17)15-11-2-6-16(7-3-11)8-5-14/h4,9,11H,2-3,5-8,14H2,1H3,(H,15,17). The fourth-order valence-corrected chi connectivity index (χ4v) is 2.37. The average Bonchev–Trinajstić information content (AvgIpc) is 2.78. The van der Waals surface area contributed by atoms with Gasteiger partial charge in [0.15, 0.2) is 0 Å². The first-order valence-corrected chi connectivity index (χ1v) is 6.48. The van der Waals surface area contributed by atoms with Crippen molar-refractivity contribution in [2.45, 2.75) is 25.8 Å². The second-order valence-corrected chi connectivity index (χ2v) is 4.77. The van der Waals surface area contributed by atoms with E-state index < -0.39 is 0 Å². The van der Waals surface area contributed by atoms with E-state index in [1.807, 2.05) is 0 Å². The van der Waals surface area contributed by atoms with Crippen LogP contribution < -0.4 is 11.1 Å². The van der Waals surface area contributed by atoms with Gasteiger partial charge in [0.05, 0.1) is 11.8 Å². The van der Waals surface area contributed by atoms with Crippen LogP contribution >= 0.6 is 0 Å². The van der Waals surface area contributed by atoms with E-state index in [1.54, 1.807) is 19.3 Å². The van der Waals surface area contributed by atoms with Crippen molar-refractivity contribution in [2.24, 2.45) is 5.73 Å². The van der Waals surface area contributed by atoms with Gasteiger partial charge in [0.2, 0.25) is 0 Å². The van der Waals surface area contributed by atoms with Crippen LogP contribution in [0, 0.1) is 6.92 Å². The molecular formula is C13H21N3O2. The molecule has 18 heavy (non-hydrogen) atoms. The fraction of sp³-hybridized carbons (Fsp3) is 0.615. The van der Waals surface area contributed by atoms with Crippen LogP contribution in [0.3, 0.4) is 0 Å². The smallest absolute Gasteiger partial charge is 0.255 e. The van der Waals surface area contributed by atoms with E-state index in [4.69, 9.17) is 10.2 Å². The Morgan fingerprint density at radius 2 is 2.28 bits per heavy atom. The van der Waals surface area contributed by atoms with E-state index in [0.717, 1.165) is 32.5 Å². The molecule has 1 aromatic rings. The molecule has 0 unspecified atom stereocenters. The fourth-order valence-electron chi connectivity index (χ4n) is 2.37. The number of furan rings is 1. The molecule has 0 aliphatic carbocycles. The Labute approximate surface area is 107 Å². The quantitative estimate of drug-likeness (QED) is 0.828. The number of piperidine rings is 1. The van der Waals surface area contributed by atoms with Gasteiger partial charge < -0.3 is 20.4 Å². The van der Waals surface area contributed by atoms with E-state index in [9.17, 15) is 4.79 Å². The summed E-state index contributed by atoms with van der Waals surface area (Å²) in [7, 11) is 0. The summed E-state index contributed by atoms with van der Waals surface area (Å²) in [5.41, 5.74) is 6.17. The van der Waals surface area contributed by atoms with Crippen molar-refractivity contribution in [1.82, 2.24) is 10.2 Å². The zero-order chi connectivity index (χ0) is 13.0. The summed E-state index contributed by atoms with van der Waals surface area (Å²) in [6, 6.07) is 1.98. The van der Waals surface area contributed by atoms with Crippen LogP contribution in [0.5, 0.6) is 0 Å². The Morgan fingerprint density at radius 3 is 2.83 bits per heavy atom. The van der Waals surface area contributed by atoms with Crippen molar-refractivity contribution in [2.75, 3.05) is 26.2 Å². The second kappa shape index (κ2) is 6.02. The topological polar surface area (TPSA) is 71.5 Å². The molecule has 0 atom stereocenters. The highest BCUT2D eigenvalue weighted by molar-refractivity contribution is 5.95. The molecular weight excluding hydrogens is 230 g/mol. The minimum Gasteiger partial charge on any atom is -0.469 e. The Bertz CT molecular complexity index is 395. The van der Waals surface area contributed by atoms with Gasteiger partial charge >= 0.3 is 0 Å². The van der Waals surface area contributed by atoms with Crippen molar-refractivity contribution >= 4 is 5.91 Å². The minimum atomic E-state index is -0.0291. The molecule has 0 saturated carbocycles. The van der Waals surface area contributed by atoms with Crippen LogP contribution in [-0.2, 0) is 0 Å². The van der Waals surface area contributed by atoms with E-state index >= 15 is 0 Å². The van der Waals surface area contributed by atoms with Gasteiger partial charge in [-0.1, -0.05) is 0 Å². The Balaban J connectivity index is 1.81. The number of likely N-dealkylation sites (tertiary alicyclic amines) is 1. The van der Waals surface area contributed by atoms with E-state index in [-0.39, 0.29) is 11.9 Å². The van der Waals surface area contributed by atoms with Gasteiger partial charge in [0, 0.05) is 32.2 Å². The predicted molar refractivity (Wildman–Crippen MR) is 69.4 cm³/mol. The van der Waals surface area contributed by atoms with E-state index in [0.29, 0.717) is 17.9 Å². The highest BCUT2D eigenvalue weighted by Crippen LogP contribution is 2.13. The van der Waals surface area contributed by atoms with Crippen molar-refractivity contribution in [3.8, 4) is 0 Å². The summed E-state index contributed by atoms with van der Waals surface area (Å²) in [5.74, 6) is 0.645. The lowest BCUT2D eigenvalue weighted by Gasteiger charge is -2.31. The number of rotatable bonds is 4. The van der Waals surface area contributed by atoms with Crippen molar-refractivity contribution in [3.05, 3.63) is 23.7 Å². The van der Waals surface area contributed by atoms with Gasteiger partial charge in [-0.25, -0.2) is 0 Å². The van der Waals surface area contributed by atoms with Crippen LogP contribution in [-0.4, -0.2) is 43.0 Å². The highest BCUT2D eigenvalue weighted by Gasteiger charge is 2.21. The normalized spacial score (nSPS) is 17.9. The molecule has 1 aliphatic heterocycles. The first kappa shape index (κ1) is 13.1. The maximum atomic E-state index is 12.0. The minimum absolute atomic E-state index is 0.0291. The number of carbonyl (C=O) groups excluding carboxylic acids is 1. The third-order valence-corrected chi connectivity index (χ3v) is 3.47. The monoisotopic (exact) mass is 251 g/mol. The van der Waals surface area contributed by atoms with Crippen LogP contribution in [0.1, 0.15) is 29.0 Å². The molecule has 0 spiro atoms. The van der Waals surface area contributed by atoms with Crippen molar-refractivity contribution < 1.29 is 9.21 Å². The van der Waals surface area contributed by atoms with Crippen molar-refractivity contribution in [1.29, 1.82) is 0 Å². The number of nitrogens with two attached hydrogens (primary N) is 1. The number of nitrogens with zero attached hydrogens (tertiary/aromatic N) is 1. The first-order chi connectivity index (χ1) is 8.70. The summed E-state index contributed by atoms with van der Waals surface area (Å²) in [6.07, 6.45) is 3.53. The molecule has 2 rings (SSSR count). The van der Waals surface area contributed by atoms with Gasteiger partial charge in [-0.2, -0.15) is 0 Å². The third-order valence-electron chi connectivity index (χ3n) is 3.47. The zero-order valence-electron chi connectivity index (χ0n) is 10.8. The molecule has 0 radical (unpaired) electrons. The van der Waals surface area contributed by atoms with Gasteiger partial charge in [-0.3, -0.25) is 4.79 Å². The SMILES string of the molecule is Cc1occc1C(=O)NC1CCN(CCN)CC1. The predicted octanol–water partition coefficient (Wildman–Crippen LogP) is 0.741. The van der Waals surface area contributed by atoms with E-state index in [2.05, 4.69) is 10.2 Å². The van der Waals surface area contributed by atoms with Crippen LogP contribution in [0.15, 0.2) is 16.7 Å². The lowest BCUT2D eigenvalue weighted by molar-refractivity contribution is 0.0910. The van der Waals surface area contributed by atoms with Crippen molar-refractivity contribution in [3.63, 3.8) is 0 Å². The molecule has 1 aliphatic rings. The molecule has 1 saturated heterocycles. The summed E-state index contributed by atoms with van der Waals surface area (Å²) in [6.45, 7) is 5.46. The molecule has 1 aromatic heterocycles. The third kappa shape index (κ3) is 3.11. The lowest BCUT2D eigenvalue weighted by Crippen LogP contribution is -2.45. The Hall–Kier alpha value is -1.33. The zero-order valence-corrected chi connectivity index (χ0v) is 10.8. The summed E-state index contributed by atoms with van der Waals surface area (Å²) in [5, 5.41) is 3.07. The number of carbonyl (C=O) groups is 1. The average molecular weight is 251 g/mol. The first-order valence-electron chi connectivity index (χ1n) is 6.48. The Morgan fingerprint density at radius 1 is 1.56 bits per heavy atom. The Kier molecular flexibility index (Phi) is 4.38.